The average Bonchev–Trinajstić information content (AvgIpc) is 2.66. The number of esters is 2. The zero-order chi connectivity index (χ0) is 18.2. The minimum atomic E-state index is -0.955. The molecule has 0 aliphatic rings. The number of carbonyl (C=O) groups is 2. The number of methoxy groups -OCH3 is 2. The highest BCUT2D eigenvalue weighted by Gasteiger charge is 2.32. The van der Waals surface area contributed by atoms with Crippen molar-refractivity contribution in [2.45, 2.75) is 16.6 Å². The Bertz CT molecular complexity index is 687. The molecule has 0 heterocycles. The maximum atomic E-state index is 12.0. The molecule has 0 fully saturated rings. The van der Waals surface area contributed by atoms with Crippen molar-refractivity contribution in [1.29, 1.82) is 0 Å². The number of hydrogen-bond acceptors (Lipinski definition) is 5. The van der Waals surface area contributed by atoms with Gasteiger partial charge in [0, 0.05) is 14.6 Å². The van der Waals surface area contributed by atoms with Crippen LogP contribution in [0.1, 0.15) is 17.2 Å². The van der Waals surface area contributed by atoms with E-state index < -0.39 is 17.9 Å². The molecule has 4 nitrogen and oxygen atoms in total. The highest BCUT2D eigenvalue weighted by Crippen LogP contribution is 2.40. The third kappa shape index (κ3) is 5.61. The van der Waals surface area contributed by atoms with Gasteiger partial charge in [-0.15, -0.1) is 11.8 Å². The maximum Gasteiger partial charge on any atom is 0.320 e. The van der Waals surface area contributed by atoms with Gasteiger partial charge in [-0.1, -0.05) is 46.3 Å². The molecule has 0 saturated heterocycles. The summed E-state index contributed by atoms with van der Waals surface area (Å²) in [6, 6.07) is 17.7. The van der Waals surface area contributed by atoms with Gasteiger partial charge in [0.05, 0.1) is 14.2 Å². The third-order valence-electron chi connectivity index (χ3n) is 3.68. The second-order valence-electron chi connectivity index (χ2n) is 5.31. The van der Waals surface area contributed by atoms with Gasteiger partial charge in [0.1, 0.15) is 0 Å². The summed E-state index contributed by atoms with van der Waals surface area (Å²) < 4.78 is 10.6. The second kappa shape index (κ2) is 9.63. The monoisotopic (exact) mass is 422 g/mol. The Labute approximate surface area is 160 Å². The Morgan fingerprint density at radius 2 is 1.52 bits per heavy atom. The number of halogens is 1. The van der Waals surface area contributed by atoms with Crippen LogP contribution in [-0.2, 0) is 19.1 Å². The molecule has 0 saturated carbocycles. The van der Waals surface area contributed by atoms with Crippen molar-refractivity contribution in [2.75, 3.05) is 14.2 Å². The number of thioether (sulfide) groups is 1. The van der Waals surface area contributed by atoms with Gasteiger partial charge in [0.25, 0.3) is 0 Å². The van der Waals surface area contributed by atoms with Gasteiger partial charge in [0.15, 0.2) is 5.92 Å². The summed E-state index contributed by atoms with van der Waals surface area (Å²) in [4.78, 5) is 25.1. The molecule has 2 aromatic carbocycles. The summed E-state index contributed by atoms with van der Waals surface area (Å²) in [5.74, 6) is -2.11. The molecule has 0 aromatic heterocycles. The summed E-state index contributed by atoms with van der Waals surface area (Å²) >= 11 is 5.02. The van der Waals surface area contributed by atoms with Gasteiger partial charge >= 0.3 is 11.9 Å². The van der Waals surface area contributed by atoms with Crippen molar-refractivity contribution in [3.8, 4) is 0 Å². The van der Waals surface area contributed by atoms with E-state index in [2.05, 4.69) is 15.9 Å². The molecule has 1 atom stereocenters. The molecule has 2 rings (SSSR count). The van der Waals surface area contributed by atoms with Crippen LogP contribution in [0.15, 0.2) is 64.0 Å². The number of ether oxygens (including phenoxy) is 2. The minimum Gasteiger partial charge on any atom is -0.468 e. The van der Waals surface area contributed by atoms with Crippen LogP contribution in [0.3, 0.4) is 0 Å². The van der Waals surface area contributed by atoms with Gasteiger partial charge in [-0.2, -0.15) is 0 Å². The van der Waals surface area contributed by atoms with Crippen LogP contribution in [0, 0.1) is 5.92 Å². The largest absolute Gasteiger partial charge is 0.468 e. The van der Waals surface area contributed by atoms with Gasteiger partial charge < -0.3 is 9.47 Å². The second-order valence-corrected chi connectivity index (χ2v) is 7.50. The van der Waals surface area contributed by atoms with E-state index in [-0.39, 0.29) is 5.25 Å². The minimum absolute atomic E-state index is 0.0921. The first-order valence-corrected chi connectivity index (χ1v) is 9.35. The van der Waals surface area contributed by atoms with E-state index in [4.69, 9.17) is 9.47 Å². The quantitative estimate of drug-likeness (QED) is 0.369. The van der Waals surface area contributed by atoms with Crippen molar-refractivity contribution in [2.24, 2.45) is 5.92 Å². The van der Waals surface area contributed by atoms with Crippen molar-refractivity contribution in [3.63, 3.8) is 0 Å². The normalized spacial score (nSPS) is 11.8. The average molecular weight is 423 g/mol. The SMILES string of the molecule is COC(=O)C(CC(Sc1ccc(Br)cc1)c1ccccc1)C(=O)OC. The first-order valence-electron chi connectivity index (χ1n) is 7.68. The van der Waals surface area contributed by atoms with Crippen LogP contribution in [0.5, 0.6) is 0 Å². The topological polar surface area (TPSA) is 52.6 Å². The lowest BCUT2D eigenvalue weighted by Crippen LogP contribution is -2.27. The lowest BCUT2D eigenvalue weighted by Gasteiger charge is -2.21. The third-order valence-corrected chi connectivity index (χ3v) is 5.51. The van der Waals surface area contributed by atoms with Gasteiger partial charge in [0.2, 0.25) is 0 Å². The molecule has 0 aliphatic carbocycles. The van der Waals surface area contributed by atoms with E-state index in [0.29, 0.717) is 6.42 Å². The van der Waals surface area contributed by atoms with Crippen LogP contribution in [0.2, 0.25) is 0 Å². The van der Waals surface area contributed by atoms with Crippen LogP contribution in [0.25, 0.3) is 0 Å². The zero-order valence-electron chi connectivity index (χ0n) is 14.0. The number of rotatable bonds is 7. The molecule has 0 amide bonds. The highest BCUT2D eigenvalue weighted by atomic mass is 79.9. The number of carbonyl (C=O) groups excluding carboxylic acids is 2. The van der Waals surface area contributed by atoms with Crippen molar-refractivity contribution in [3.05, 3.63) is 64.6 Å². The molecule has 0 bridgehead atoms. The van der Waals surface area contributed by atoms with Crippen molar-refractivity contribution < 1.29 is 19.1 Å². The fraction of sp³-hybridized carbons (Fsp3) is 0.263. The van der Waals surface area contributed by atoms with Gasteiger partial charge in [-0.25, -0.2) is 0 Å². The molecule has 0 N–H and O–H groups in total. The maximum absolute atomic E-state index is 12.0. The van der Waals surface area contributed by atoms with Gasteiger partial charge in [-0.05, 0) is 36.2 Å². The fourth-order valence-electron chi connectivity index (χ4n) is 2.38. The molecular weight excluding hydrogens is 404 g/mol. The molecule has 25 heavy (non-hydrogen) atoms. The Morgan fingerprint density at radius 1 is 0.960 bits per heavy atom. The Hall–Kier alpha value is -1.79. The van der Waals surface area contributed by atoms with Crippen molar-refractivity contribution >= 4 is 39.6 Å². The summed E-state index contributed by atoms with van der Waals surface area (Å²) in [5.41, 5.74) is 1.04. The first kappa shape index (κ1) is 19.5. The van der Waals surface area contributed by atoms with Crippen LogP contribution < -0.4 is 0 Å². The van der Waals surface area contributed by atoms with E-state index in [9.17, 15) is 9.59 Å². The van der Waals surface area contributed by atoms with E-state index in [1.54, 1.807) is 11.8 Å². The lowest BCUT2D eigenvalue weighted by molar-refractivity contribution is -0.159. The van der Waals surface area contributed by atoms with E-state index in [1.165, 1.54) is 14.2 Å². The zero-order valence-corrected chi connectivity index (χ0v) is 16.4. The Kier molecular flexibility index (Phi) is 7.52. The lowest BCUT2D eigenvalue weighted by atomic mass is 9.99. The number of benzene rings is 2. The van der Waals surface area contributed by atoms with Crippen LogP contribution >= 0.6 is 27.7 Å². The molecule has 132 valence electrons. The standard InChI is InChI=1S/C19H19BrO4S/c1-23-18(21)16(19(22)24-2)12-17(13-6-4-3-5-7-13)25-15-10-8-14(20)9-11-15/h3-11,16-17H,12H2,1-2H3. The van der Waals surface area contributed by atoms with Crippen molar-refractivity contribution in [1.82, 2.24) is 0 Å². The van der Waals surface area contributed by atoms with E-state index >= 15 is 0 Å². The predicted octanol–water partition coefficient (Wildman–Crippen LogP) is 4.63. The smallest absolute Gasteiger partial charge is 0.320 e. The summed E-state index contributed by atoms with van der Waals surface area (Å²) in [7, 11) is 2.55. The summed E-state index contributed by atoms with van der Waals surface area (Å²) in [6.45, 7) is 0. The number of hydrogen-bond donors (Lipinski definition) is 0. The van der Waals surface area contributed by atoms with Crippen LogP contribution in [0.4, 0.5) is 0 Å². The molecule has 2 aromatic rings. The molecule has 0 radical (unpaired) electrons. The van der Waals surface area contributed by atoms with E-state index in [0.717, 1.165) is 14.9 Å². The molecular formula is C19H19BrO4S. The highest BCUT2D eigenvalue weighted by molar-refractivity contribution is 9.10. The Balaban J connectivity index is 2.28. The molecule has 0 aliphatic heterocycles. The molecule has 1 unspecified atom stereocenters. The molecule has 0 spiro atoms. The van der Waals surface area contributed by atoms with Crippen LogP contribution in [-0.4, -0.2) is 26.2 Å². The predicted molar refractivity (Wildman–Crippen MR) is 101 cm³/mol. The van der Waals surface area contributed by atoms with Gasteiger partial charge in [-0.3, -0.25) is 9.59 Å². The Morgan fingerprint density at radius 3 is 2.04 bits per heavy atom. The molecule has 6 heteroatoms. The fourth-order valence-corrected chi connectivity index (χ4v) is 3.85. The van der Waals surface area contributed by atoms with E-state index in [1.807, 2.05) is 54.6 Å². The summed E-state index contributed by atoms with van der Waals surface area (Å²) in [5, 5.41) is -0.0921. The first-order chi connectivity index (χ1) is 12.0. The summed E-state index contributed by atoms with van der Waals surface area (Å²) in [6.07, 6.45) is 0.296.